The molecule has 0 aliphatic rings. The minimum absolute atomic E-state index is 0.00425. The third-order valence-corrected chi connectivity index (χ3v) is 5.92. The molecule has 0 saturated heterocycles. The van der Waals surface area contributed by atoms with Crippen LogP contribution in [0.15, 0.2) is 42.5 Å². The first-order valence-corrected chi connectivity index (χ1v) is 11.1. The minimum Gasteiger partial charge on any atom is -0.461 e. The lowest BCUT2D eigenvalue weighted by Crippen LogP contribution is -2.38. The van der Waals surface area contributed by atoms with E-state index >= 15 is 0 Å². The van der Waals surface area contributed by atoms with E-state index in [9.17, 15) is 14.4 Å². The van der Waals surface area contributed by atoms with Crippen molar-refractivity contribution in [3.8, 4) is 16.3 Å². The Morgan fingerprint density at radius 3 is 2.31 bits per heavy atom. The van der Waals surface area contributed by atoms with Gasteiger partial charge in [-0.1, -0.05) is 32.9 Å². The molecule has 6 nitrogen and oxygen atoms in total. The Hall–Kier alpha value is -3.06. The molecule has 2 aromatic carbocycles. The van der Waals surface area contributed by atoms with Crippen molar-refractivity contribution < 1.29 is 23.9 Å². The lowest BCUT2D eigenvalue weighted by atomic mass is 9.75. The summed E-state index contributed by atoms with van der Waals surface area (Å²) in [5.74, 6) is -0.862. The van der Waals surface area contributed by atoms with E-state index in [1.807, 2.05) is 45.0 Å². The highest BCUT2D eigenvalue weighted by molar-refractivity contribution is 7.21. The van der Waals surface area contributed by atoms with Crippen LogP contribution in [-0.2, 0) is 14.3 Å². The molecule has 0 saturated carbocycles. The second-order valence-corrected chi connectivity index (χ2v) is 10.4. The predicted molar refractivity (Wildman–Crippen MR) is 125 cm³/mol. The lowest BCUT2D eigenvalue weighted by Gasteiger charge is -2.30. The summed E-state index contributed by atoms with van der Waals surface area (Å²) >= 11 is 1.47. The number of thiazole rings is 1. The highest BCUT2D eigenvalue weighted by Crippen LogP contribution is 2.37. The molecule has 0 unspecified atom stereocenters. The van der Waals surface area contributed by atoms with Crippen LogP contribution in [0, 0.1) is 10.8 Å². The van der Waals surface area contributed by atoms with E-state index in [-0.39, 0.29) is 23.7 Å². The van der Waals surface area contributed by atoms with Crippen LogP contribution in [0.3, 0.4) is 0 Å². The number of para-hydroxylation sites is 1. The first-order chi connectivity index (χ1) is 14.9. The van der Waals surface area contributed by atoms with Gasteiger partial charge in [-0.05, 0) is 44.2 Å². The van der Waals surface area contributed by atoms with Gasteiger partial charge in [0.15, 0.2) is 0 Å². The van der Waals surface area contributed by atoms with E-state index in [0.29, 0.717) is 10.6 Å². The molecule has 0 amide bonds. The summed E-state index contributed by atoms with van der Waals surface area (Å²) in [5, 5.41) is 0.680. The quantitative estimate of drug-likeness (QED) is 0.352. The Balaban J connectivity index is 1.87. The molecular formula is C25H27NO5S. The van der Waals surface area contributed by atoms with Gasteiger partial charge < -0.3 is 9.47 Å². The Morgan fingerprint density at radius 2 is 1.69 bits per heavy atom. The van der Waals surface area contributed by atoms with Gasteiger partial charge in [-0.25, -0.2) is 9.78 Å². The minimum atomic E-state index is -0.826. The Kier molecular flexibility index (Phi) is 6.51. The van der Waals surface area contributed by atoms with Crippen LogP contribution >= 0.6 is 11.3 Å². The summed E-state index contributed by atoms with van der Waals surface area (Å²) in [6.45, 7) is 10.3. The van der Waals surface area contributed by atoms with Gasteiger partial charge in [0, 0.05) is 12.3 Å². The number of fused-ring (bicyclic) bond motifs is 1. The maximum atomic E-state index is 12.7. The average molecular weight is 454 g/mol. The number of rotatable bonds is 6. The number of nitrogens with zero attached hydrogens (tertiary/aromatic N) is 1. The molecule has 0 spiro atoms. The van der Waals surface area contributed by atoms with Crippen molar-refractivity contribution in [3.63, 3.8) is 0 Å². The van der Waals surface area contributed by atoms with Crippen LogP contribution in [0.1, 0.15) is 51.9 Å². The topological polar surface area (TPSA) is 82.6 Å². The zero-order valence-electron chi connectivity index (χ0n) is 19.1. The van der Waals surface area contributed by atoms with Crippen molar-refractivity contribution in [2.75, 3.05) is 6.61 Å². The summed E-state index contributed by atoms with van der Waals surface area (Å²) in [6.07, 6.45) is 0. The van der Waals surface area contributed by atoms with E-state index in [2.05, 4.69) is 4.98 Å². The second-order valence-electron chi connectivity index (χ2n) is 9.33. The molecule has 0 radical (unpaired) electrons. The molecule has 1 heterocycles. The zero-order chi connectivity index (χ0) is 23.7. The first-order valence-electron chi connectivity index (χ1n) is 10.3. The molecule has 168 valence electrons. The van der Waals surface area contributed by atoms with Crippen LogP contribution in [0.4, 0.5) is 0 Å². The first kappa shape index (κ1) is 23.6. The highest BCUT2D eigenvalue weighted by atomic mass is 32.1. The fourth-order valence-electron chi connectivity index (χ4n) is 3.46. The van der Waals surface area contributed by atoms with Gasteiger partial charge >= 0.3 is 11.9 Å². The Bertz CT molecular complexity index is 1150. The molecule has 0 fully saturated rings. The zero-order valence-corrected chi connectivity index (χ0v) is 20.0. The van der Waals surface area contributed by atoms with Crippen molar-refractivity contribution in [1.82, 2.24) is 4.98 Å². The maximum absolute atomic E-state index is 12.7. The van der Waals surface area contributed by atoms with Crippen LogP contribution in [0.2, 0.25) is 0 Å². The third kappa shape index (κ3) is 5.22. The van der Waals surface area contributed by atoms with Crippen molar-refractivity contribution in [2.24, 2.45) is 10.8 Å². The summed E-state index contributed by atoms with van der Waals surface area (Å²) in [5.41, 5.74) is 0.312. The van der Waals surface area contributed by atoms with Gasteiger partial charge in [-0.2, -0.15) is 0 Å². The predicted octanol–water partition coefficient (Wildman–Crippen LogP) is 5.69. The van der Waals surface area contributed by atoms with Gasteiger partial charge in [0.25, 0.3) is 0 Å². The lowest BCUT2D eigenvalue weighted by molar-refractivity contribution is -0.137. The van der Waals surface area contributed by atoms with Crippen molar-refractivity contribution in [1.29, 1.82) is 0 Å². The average Bonchev–Trinajstić information content (AvgIpc) is 3.14. The highest BCUT2D eigenvalue weighted by Gasteiger charge is 2.37. The maximum Gasteiger partial charge on any atom is 0.338 e. The largest absolute Gasteiger partial charge is 0.461 e. The van der Waals surface area contributed by atoms with Crippen LogP contribution in [-0.4, -0.2) is 29.3 Å². The summed E-state index contributed by atoms with van der Waals surface area (Å²) in [7, 11) is 0. The van der Waals surface area contributed by atoms with Crippen LogP contribution in [0.5, 0.6) is 5.75 Å². The SMILES string of the molecule is CC(=O)Oc1cc(C(=O)OCC(C)(C)C(=O)C(C)(C)C)ccc1-c1nc2ccccc2s1. The van der Waals surface area contributed by atoms with Gasteiger partial charge in [-0.3, -0.25) is 9.59 Å². The molecule has 0 N–H and O–H groups in total. The fourth-order valence-corrected chi connectivity index (χ4v) is 4.46. The third-order valence-electron chi connectivity index (χ3n) is 4.86. The molecule has 7 heteroatoms. The van der Waals surface area contributed by atoms with E-state index in [1.165, 1.54) is 24.3 Å². The van der Waals surface area contributed by atoms with E-state index < -0.39 is 22.8 Å². The normalized spacial score (nSPS) is 11.9. The number of carbonyl (C=O) groups excluding carboxylic acids is 3. The number of aromatic nitrogens is 1. The van der Waals surface area contributed by atoms with Gasteiger partial charge in [0.2, 0.25) is 0 Å². The number of hydrogen-bond donors (Lipinski definition) is 0. The molecule has 0 atom stereocenters. The van der Waals surface area contributed by atoms with Crippen molar-refractivity contribution >= 4 is 39.3 Å². The molecule has 3 aromatic rings. The number of Topliss-reactive ketones (excluding diaryl/α,β-unsaturated/α-hetero) is 1. The summed E-state index contributed by atoms with van der Waals surface area (Å²) < 4.78 is 11.8. The fraction of sp³-hybridized carbons (Fsp3) is 0.360. The van der Waals surface area contributed by atoms with Crippen molar-refractivity contribution in [3.05, 3.63) is 48.0 Å². The van der Waals surface area contributed by atoms with Crippen molar-refractivity contribution in [2.45, 2.75) is 41.5 Å². The smallest absolute Gasteiger partial charge is 0.338 e. The molecule has 0 bridgehead atoms. The molecule has 3 rings (SSSR count). The Labute approximate surface area is 191 Å². The van der Waals surface area contributed by atoms with E-state index in [0.717, 1.165) is 10.2 Å². The molecule has 0 aliphatic carbocycles. The van der Waals surface area contributed by atoms with Gasteiger partial charge in [0.1, 0.15) is 23.1 Å². The standard InChI is InChI=1S/C25H27NO5S/c1-15(27)31-19-13-16(22(28)30-14-25(5,6)23(29)24(2,3)4)11-12-17(19)21-26-18-9-7-8-10-20(18)32-21/h7-13H,14H2,1-6H3. The van der Waals surface area contributed by atoms with Crippen LogP contribution in [0.25, 0.3) is 20.8 Å². The number of benzene rings is 2. The van der Waals surface area contributed by atoms with Crippen LogP contribution < -0.4 is 4.74 Å². The number of ether oxygens (including phenoxy) is 2. The van der Waals surface area contributed by atoms with Gasteiger partial charge in [0.05, 0.1) is 26.8 Å². The summed E-state index contributed by atoms with van der Waals surface area (Å²) in [6, 6.07) is 12.5. The second kappa shape index (κ2) is 8.82. The number of hydrogen-bond acceptors (Lipinski definition) is 7. The number of ketones is 1. The molecular weight excluding hydrogens is 426 g/mol. The molecule has 0 aliphatic heterocycles. The number of carbonyl (C=O) groups is 3. The Morgan fingerprint density at radius 1 is 1.00 bits per heavy atom. The summed E-state index contributed by atoms with van der Waals surface area (Å²) in [4.78, 5) is 41.6. The van der Waals surface area contributed by atoms with E-state index in [4.69, 9.17) is 9.47 Å². The van der Waals surface area contributed by atoms with Gasteiger partial charge in [-0.15, -0.1) is 11.3 Å². The monoisotopic (exact) mass is 453 g/mol. The number of esters is 2. The molecule has 32 heavy (non-hydrogen) atoms. The molecule has 1 aromatic heterocycles. The van der Waals surface area contributed by atoms with E-state index in [1.54, 1.807) is 26.0 Å².